The van der Waals surface area contributed by atoms with Gasteiger partial charge in [0, 0.05) is 5.02 Å². The lowest BCUT2D eigenvalue weighted by Crippen LogP contribution is -2.27. The number of thiophene rings is 1. The zero-order valence-corrected chi connectivity index (χ0v) is 16.1. The first-order chi connectivity index (χ1) is 12.4. The Morgan fingerprint density at radius 3 is 2.73 bits per heavy atom. The average molecular weight is 413 g/mol. The quantitative estimate of drug-likeness (QED) is 0.519. The summed E-state index contributed by atoms with van der Waals surface area (Å²) in [5.74, 6) is 0.346. The molecule has 0 unspecified atom stereocenters. The number of benzene rings is 1. The molecule has 9 heteroatoms. The summed E-state index contributed by atoms with van der Waals surface area (Å²) in [5, 5.41) is 10.6. The molecule has 0 amide bonds. The number of carbonyl (C=O) groups is 1. The summed E-state index contributed by atoms with van der Waals surface area (Å²) in [6.07, 6.45) is -1.59. The maximum atomic E-state index is 12.2. The fourth-order valence-electron chi connectivity index (χ4n) is 2.03. The minimum Gasteiger partial charge on any atom is -0.477 e. The maximum Gasteiger partial charge on any atom is 0.347 e. The van der Waals surface area contributed by atoms with Gasteiger partial charge in [-0.15, -0.1) is 21.5 Å². The molecule has 0 saturated heterocycles. The second-order valence-corrected chi connectivity index (χ2v) is 7.13. The van der Waals surface area contributed by atoms with Crippen molar-refractivity contribution in [2.24, 2.45) is 0 Å². The monoisotopic (exact) mass is 412 g/mol. The normalized spacial score (nSPS) is 13.2. The van der Waals surface area contributed by atoms with E-state index in [4.69, 9.17) is 37.1 Å². The Labute approximate surface area is 163 Å². The molecule has 3 rings (SSSR count). The number of halogens is 2. The molecule has 136 valence electrons. The SMILES string of the molecule is C[C@H](OC(=O)[C@@H](C)Oc1ccc(Cl)cc1Cl)c1nnc(-c2cccs2)o1. The van der Waals surface area contributed by atoms with Crippen LogP contribution < -0.4 is 4.74 Å². The van der Waals surface area contributed by atoms with Gasteiger partial charge in [0.1, 0.15) is 5.75 Å². The molecule has 0 fully saturated rings. The van der Waals surface area contributed by atoms with Crippen molar-refractivity contribution in [1.29, 1.82) is 0 Å². The molecule has 0 aliphatic carbocycles. The smallest absolute Gasteiger partial charge is 0.347 e. The summed E-state index contributed by atoms with van der Waals surface area (Å²) in [6, 6.07) is 8.49. The Bertz CT molecular complexity index is 898. The van der Waals surface area contributed by atoms with E-state index in [1.807, 2.05) is 17.5 Å². The van der Waals surface area contributed by atoms with Gasteiger partial charge in [-0.1, -0.05) is 29.3 Å². The lowest BCUT2D eigenvalue weighted by molar-refractivity contribution is -0.157. The van der Waals surface area contributed by atoms with E-state index in [0.717, 1.165) is 4.88 Å². The molecule has 0 radical (unpaired) electrons. The molecule has 6 nitrogen and oxygen atoms in total. The minimum atomic E-state index is -0.879. The van der Waals surface area contributed by atoms with Crippen LogP contribution in [0.3, 0.4) is 0 Å². The zero-order valence-electron chi connectivity index (χ0n) is 13.8. The number of nitrogens with zero attached hydrogens (tertiary/aromatic N) is 2. The van der Waals surface area contributed by atoms with Crippen LogP contribution in [0.1, 0.15) is 25.8 Å². The van der Waals surface area contributed by atoms with Crippen LogP contribution in [0, 0.1) is 0 Å². The lowest BCUT2D eigenvalue weighted by Gasteiger charge is -2.16. The third kappa shape index (κ3) is 4.35. The summed E-state index contributed by atoms with van der Waals surface area (Å²) >= 11 is 13.4. The van der Waals surface area contributed by atoms with Gasteiger partial charge in [-0.25, -0.2) is 4.79 Å². The molecule has 1 aromatic carbocycles. The highest BCUT2D eigenvalue weighted by Crippen LogP contribution is 2.29. The number of esters is 1. The molecule has 0 N–H and O–H groups in total. The summed E-state index contributed by atoms with van der Waals surface area (Å²) in [7, 11) is 0. The van der Waals surface area contributed by atoms with Crippen LogP contribution in [0.4, 0.5) is 0 Å². The van der Waals surface area contributed by atoms with Crippen LogP contribution in [0.15, 0.2) is 40.1 Å². The van der Waals surface area contributed by atoms with Crippen molar-refractivity contribution in [2.75, 3.05) is 0 Å². The third-order valence-electron chi connectivity index (χ3n) is 3.34. The van der Waals surface area contributed by atoms with E-state index in [0.29, 0.717) is 21.7 Å². The Kier molecular flexibility index (Phi) is 5.80. The van der Waals surface area contributed by atoms with Gasteiger partial charge in [-0.3, -0.25) is 0 Å². The van der Waals surface area contributed by atoms with Crippen LogP contribution in [0.5, 0.6) is 5.75 Å². The molecule has 2 aromatic heterocycles. The topological polar surface area (TPSA) is 74.5 Å². The van der Waals surface area contributed by atoms with Gasteiger partial charge in [0.2, 0.25) is 0 Å². The highest BCUT2D eigenvalue weighted by Gasteiger charge is 2.24. The van der Waals surface area contributed by atoms with Crippen LogP contribution in [0.2, 0.25) is 10.0 Å². The van der Waals surface area contributed by atoms with Crippen molar-refractivity contribution in [3.05, 3.63) is 51.6 Å². The predicted octanol–water partition coefficient (Wildman–Crippen LogP) is 5.18. The number of hydrogen-bond acceptors (Lipinski definition) is 7. The van der Waals surface area contributed by atoms with Crippen molar-refractivity contribution < 1.29 is 18.7 Å². The van der Waals surface area contributed by atoms with Crippen LogP contribution in [-0.4, -0.2) is 22.3 Å². The molecule has 0 bridgehead atoms. The molecular formula is C17H14Cl2N2O4S. The highest BCUT2D eigenvalue weighted by atomic mass is 35.5. The van der Waals surface area contributed by atoms with Crippen molar-refractivity contribution in [2.45, 2.75) is 26.1 Å². The first-order valence-corrected chi connectivity index (χ1v) is 9.27. The number of ether oxygens (including phenoxy) is 2. The molecule has 2 heterocycles. The van der Waals surface area contributed by atoms with Gasteiger partial charge < -0.3 is 13.9 Å². The maximum absolute atomic E-state index is 12.2. The van der Waals surface area contributed by atoms with E-state index in [-0.39, 0.29) is 5.89 Å². The van der Waals surface area contributed by atoms with Gasteiger partial charge in [-0.05, 0) is 43.5 Å². The Morgan fingerprint density at radius 2 is 2.04 bits per heavy atom. The second kappa shape index (κ2) is 8.07. The number of aromatic nitrogens is 2. The molecule has 0 aliphatic heterocycles. The summed E-state index contributed by atoms with van der Waals surface area (Å²) in [5.41, 5.74) is 0. The third-order valence-corrected chi connectivity index (χ3v) is 4.73. The largest absolute Gasteiger partial charge is 0.477 e. The number of hydrogen-bond donors (Lipinski definition) is 0. The summed E-state index contributed by atoms with van der Waals surface area (Å²) < 4.78 is 16.4. The standard InChI is InChI=1S/C17H14Cl2N2O4S/c1-9(15-20-21-16(25-15)14-4-3-7-26-14)24-17(22)10(2)23-13-6-5-11(18)8-12(13)19/h3-10H,1-2H3/t9-,10+/m0/s1. The Hall–Kier alpha value is -2.09. The van der Waals surface area contributed by atoms with Gasteiger partial charge in [0.05, 0.1) is 9.90 Å². The van der Waals surface area contributed by atoms with Gasteiger partial charge >= 0.3 is 5.97 Å². The van der Waals surface area contributed by atoms with Crippen molar-refractivity contribution in [3.8, 4) is 16.5 Å². The van der Waals surface area contributed by atoms with E-state index in [9.17, 15) is 4.79 Å². The number of rotatable bonds is 6. The first kappa shape index (κ1) is 18.7. The van der Waals surface area contributed by atoms with Crippen molar-refractivity contribution >= 4 is 40.5 Å². The summed E-state index contributed by atoms with van der Waals surface area (Å²) in [6.45, 7) is 3.20. The molecule has 3 aromatic rings. The molecule has 2 atom stereocenters. The number of carbonyl (C=O) groups excluding carboxylic acids is 1. The molecule has 0 saturated carbocycles. The van der Waals surface area contributed by atoms with Crippen LogP contribution >= 0.6 is 34.5 Å². The van der Waals surface area contributed by atoms with Gasteiger partial charge in [-0.2, -0.15) is 0 Å². The molecular weight excluding hydrogens is 399 g/mol. The van der Waals surface area contributed by atoms with Crippen molar-refractivity contribution in [1.82, 2.24) is 10.2 Å². The second-order valence-electron chi connectivity index (χ2n) is 5.34. The van der Waals surface area contributed by atoms with Gasteiger partial charge in [0.25, 0.3) is 11.8 Å². The predicted molar refractivity (Wildman–Crippen MR) is 98.7 cm³/mol. The lowest BCUT2D eigenvalue weighted by atomic mass is 10.3. The molecule has 0 spiro atoms. The van der Waals surface area contributed by atoms with Crippen LogP contribution in [0.25, 0.3) is 10.8 Å². The zero-order chi connectivity index (χ0) is 18.7. The summed E-state index contributed by atoms with van der Waals surface area (Å²) in [4.78, 5) is 13.1. The Balaban J connectivity index is 1.61. The highest BCUT2D eigenvalue weighted by molar-refractivity contribution is 7.13. The van der Waals surface area contributed by atoms with E-state index >= 15 is 0 Å². The van der Waals surface area contributed by atoms with E-state index < -0.39 is 18.2 Å². The first-order valence-electron chi connectivity index (χ1n) is 7.63. The van der Waals surface area contributed by atoms with E-state index in [2.05, 4.69) is 10.2 Å². The van der Waals surface area contributed by atoms with Gasteiger partial charge in [0.15, 0.2) is 12.2 Å². The molecule has 0 aliphatic rings. The molecule has 26 heavy (non-hydrogen) atoms. The fourth-order valence-corrected chi connectivity index (χ4v) is 3.13. The Morgan fingerprint density at radius 1 is 1.23 bits per heavy atom. The minimum absolute atomic E-state index is 0.207. The van der Waals surface area contributed by atoms with Crippen molar-refractivity contribution in [3.63, 3.8) is 0 Å². The van der Waals surface area contributed by atoms with Crippen LogP contribution in [-0.2, 0) is 9.53 Å². The van der Waals surface area contributed by atoms with E-state index in [1.54, 1.807) is 26.0 Å². The van der Waals surface area contributed by atoms with E-state index in [1.165, 1.54) is 17.4 Å². The fraction of sp³-hybridized carbons (Fsp3) is 0.235. The average Bonchev–Trinajstić information content (AvgIpc) is 3.28.